The predicted molar refractivity (Wildman–Crippen MR) is 108 cm³/mol. The molecule has 0 aromatic heterocycles. The molecule has 0 saturated carbocycles. The second-order valence-corrected chi connectivity index (χ2v) is 6.82. The molecule has 2 rings (SSSR count). The second kappa shape index (κ2) is 10.1. The first-order valence-corrected chi connectivity index (χ1v) is 9.69. The monoisotopic (exact) mass is 392 g/mol. The number of anilines is 2. The summed E-state index contributed by atoms with van der Waals surface area (Å²) in [4.78, 5) is 24.1. The lowest BCUT2D eigenvalue weighted by Gasteiger charge is -2.11. The molecule has 0 unspecified atom stereocenters. The molecule has 0 bridgehead atoms. The Labute approximate surface area is 162 Å². The fraction of sp³-hybridized carbons (Fsp3) is 0.263. The van der Waals surface area contributed by atoms with Gasteiger partial charge in [0.1, 0.15) is 5.75 Å². The van der Waals surface area contributed by atoms with E-state index in [0.29, 0.717) is 28.8 Å². The Bertz CT molecular complexity index is 783. The normalized spacial score (nSPS) is 10.3. The molecule has 0 aliphatic carbocycles. The smallest absolute Gasteiger partial charge is 0.234 e. The van der Waals surface area contributed by atoms with Crippen molar-refractivity contribution in [1.29, 1.82) is 0 Å². The average Bonchev–Trinajstić information content (AvgIpc) is 2.61. The molecule has 0 atom stereocenters. The summed E-state index contributed by atoms with van der Waals surface area (Å²) in [5, 5.41) is 6.21. The number of nitrogens with one attached hydrogen (secondary N) is 2. The van der Waals surface area contributed by atoms with E-state index < -0.39 is 0 Å². The van der Waals surface area contributed by atoms with Gasteiger partial charge in [-0.15, -0.1) is 11.8 Å². The second-order valence-electron chi connectivity index (χ2n) is 5.43. The summed E-state index contributed by atoms with van der Waals surface area (Å²) in [6.45, 7) is 4.24. The van der Waals surface area contributed by atoms with Gasteiger partial charge in [-0.25, -0.2) is 0 Å². The van der Waals surface area contributed by atoms with Crippen LogP contribution in [0.5, 0.6) is 5.75 Å². The quantitative estimate of drug-likeness (QED) is 0.700. The number of rotatable bonds is 8. The van der Waals surface area contributed by atoms with Gasteiger partial charge >= 0.3 is 0 Å². The van der Waals surface area contributed by atoms with Crippen LogP contribution in [0.15, 0.2) is 42.5 Å². The van der Waals surface area contributed by atoms with Crippen LogP contribution in [0.2, 0.25) is 5.02 Å². The molecule has 2 aromatic carbocycles. The molecule has 7 heteroatoms. The summed E-state index contributed by atoms with van der Waals surface area (Å²) in [5.74, 6) is 0.605. The Morgan fingerprint density at radius 1 is 1.00 bits per heavy atom. The van der Waals surface area contributed by atoms with Crippen LogP contribution in [0.4, 0.5) is 11.4 Å². The summed E-state index contributed by atoms with van der Waals surface area (Å²) >= 11 is 7.28. The lowest BCUT2D eigenvalue weighted by molar-refractivity contribution is -0.114. The van der Waals surface area contributed by atoms with Gasteiger partial charge in [-0.2, -0.15) is 0 Å². The van der Waals surface area contributed by atoms with Gasteiger partial charge in [0, 0.05) is 10.7 Å². The van der Waals surface area contributed by atoms with Gasteiger partial charge in [0.15, 0.2) is 0 Å². The number of para-hydroxylation sites is 2. The minimum atomic E-state index is -0.186. The van der Waals surface area contributed by atoms with Crippen molar-refractivity contribution in [2.45, 2.75) is 13.8 Å². The molecular weight excluding hydrogens is 372 g/mol. The highest BCUT2D eigenvalue weighted by Crippen LogP contribution is 2.24. The van der Waals surface area contributed by atoms with Crippen molar-refractivity contribution >= 4 is 46.6 Å². The maximum absolute atomic E-state index is 12.1. The lowest BCUT2D eigenvalue weighted by Crippen LogP contribution is -2.19. The SMILES string of the molecule is CCOc1ccccc1NC(=O)CSCC(=O)Nc1cccc(Cl)c1C. The minimum Gasteiger partial charge on any atom is -0.492 e. The van der Waals surface area contributed by atoms with E-state index in [0.717, 1.165) is 5.56 Å². The number of hydrogen-bond acceptors (Lipinski definition) is 4. The van der Waals surface area contributed by atoms with Gasteiger partial charge < -0.3 is 15.4 Å². The van der Waals surface area contributed by atoms with Crippen molar-refractivity contribution < 1.29 is 14.3 Å². The van der Waals surface area contributed by atoms with E-state index in [1.165, 1.54) is 11.8 Å². The standard InChI is InChI=1S/C19H21ClN2O3S/c1-3-25-17-10-5-4-8-16(17)22-19(24)12-26-11-18(23)21-15-9-6-7-14(20)13(15)2/h4-10H,3,11-12H2,1-2H3,(H,21,23)(H,22,24). The number of carbonyl (C=O) groups excluding carboxylic acids is 2. The highest BCUT2D eigenvalue weighted by molar-refractivity contribution is 8.00. The first kappa shape index (κ1) is 20.1. The zero-order valence-electron chi connectivity index (χ0n) is 14.7. The van der Waals surface area contributed by atoms with E-state index in [2.05, 4.69) is 10.6 Å². The maximum atomic E-state index is 12.1. The van der Waals surface area contributed by atoms with Crippen LogP contribution < -0.4 is 15.4 Å². The molecule has 0 radical (unpaired) electrons. The number of thioether (sulfide) groups is 1. The molecule has 0 aliphatic rings. The number of hydrogen-bond donors (Lipinski definition) is 2. The van der Waals surface area contributed by atoms with E-state index >= 15 is 0 Å². The molecule has 5 nitrogen and oxygen atoms in total. The fourth-order valence-electron chi connectivity index (χ4n) is 2.20. The zero-order valence-corrected chi connectivity index (χ0v) is 16.2. The summed E-state index contributed by atoms with van der Waals surface area (Å²) < 4.78 is 5.47. The highest BCUT2D eigenvalue weighted by atomic mass is 35.5. The van der Waals surface area contributed by atoms with Crippen LogP contribution in [0.1, 0.15) is 12.5 Å². The molecular formula is C19H21ClN2O3S. The van der Waals surface area contributed by atoms with Crippen molar-refractivity contribution in [2.75, 3.05) is 28.7 Å². The van der Waals surface area contributed by atoms with E-state index in [1.54, 1.807) is 30.3 Å². The summed E-state index contributed by atoms with van der Waals surface area (Å²) in [6.07, 6.45) is 0. The Hall–Kier alpha value is -2.18. The number of carbonyl (C=O) groups is 2. The van der Waals surface area contributed by atoms with Gasteiger partial charge in [0.2, 0.25) is 11.8 Å². The van der Waals surface area contributed by atoms with Gasteiger partial charge in [-0.1, -0.05) is 29.8 Å². The summed E-state index contributed by atoms with van der Waals surface area (Å²) in [7, 11) is 0. The Balaban J connectivity index is 1.79. The van der Waals surface area contributed by atoms with E-state index in [4.69, 9.17) is 16.3 Å². The van der Waals surface area contributed by atoms with Crippen LogP contribution in [0, 0.1) is 6.92 Å². The van der Waals surface area contributed by atoms with Crippen molar-refractivity contribution in [3.8, 4) is 5.75 Å². The first-order chi connectivity index (χ1) is 12.5. The van der Waals surface area contributed by atoms with Crippen LogP contribution >= 0.6 is 23.4 Å². The molecule has 0 fully saturated rings. The molecule has 2 N–H and O–H groups in total. The fourth-order valence-corrected chi connectivity index (χ4v) is 2.99. The zero-order chi connectivity index (χ0) is 18.9. The third kappa shape index (κ3) is 5.97. The molecule has 138 valence electrons. The molecule has 26 heavy (non-hydrogen) atoms. The number of amides is 2. The number of ether oxygens (including phenoxy) is 1. The molecule has 0 spiro atoms. The first-order valence-electron chi connectivity index (χ1n) is 8.15. The van der Waals surface area contributed by atoms with Gasteiger partial charge in [-0.3, -0.25) is 9.59 Å². The van der Waals surface area contributed by atoms with Crippen molar-refractivity contribution in [3.05, 3.63) is 53.1 Å². The topological polar surface area (TPSA) is 67.4 Å². The van der Waals surface area contributed by atoms with Gasteiger partial charge in [0.05, 0.1) is 23.8 Å². The molecule has 0 saturated heterocycles. The summed E-state index contributed by atoms with van der Waals surface area (Å²) in [5.41, 5.74) is 2.12. The molecule has 0 aliphatic heterocycles. The third-order valence-corrected chi connectivity index (χ3v) is 4.81. The molecule has 2 amide bonds. The van der Waals surface area contributed by atoms with E-state index in [1.807, 2.05) is 26.0 Å². The largest absolute Gasteiger partial charge is 0.492 e. The van der Waals surface area contributed by atoms with Gasteiger partial charge in [0.25, 0.3) is 0 Å². The highest BCUT2D eigenvalue weighted by Gasteiger charge is 2.10. The van der Waals surface area contributed by atoms with Crippen molar-refractivity contribution in [3.63, 3.8) is 0 Å². The molecule has 0 heterocycles. The number of benzene rings is 2. The third-order valence-electron chi connectivity index (χ3n) is 3.47. The number of halogens is 1. The molecule has 2 aromatic rings. The van der Waals surface area contributed by atoms with Crippen molar-refractivity contribution in [2.24, 2.45) is 0 Å². The van der Waals surface area contributed by atoms with Crippen molar-refractivity contribution in [1.82, 2.24) is 0 Å². The van der Waals surface area contributed by atoms with Crippen LogP contribution in [0.25, 0.3) is 0 Å². The summed E-state index contributed by atoms with van der Waals surface area (Å²) in [6, 6.07) is 12.6. The maximum Gasteiger partial charge on any atom is 0.234 e. The van der Waals surface area contributed by atoms with Crippen LogP contribution in [-0.4, -0.2) is 29.9 Å². The Morgan fingerprint density at radius 2 is 1.62 bits per heavy atom. The average molecular weight is 393 g/mol. The predicted octanol–water partition coefficient (Wildman–Crippen LogP) is 4.36. The van der Waals surface area contributed by atoms with E-state index in [9.17, 15) is 9.59 Å². The lowest BCUT2D eigenvalue weighted by atomic mass is 10.2. The van der Waals surface area contributed by atoms with Crippen LogP contribution in [0.3, 0.4) is 0 Å². The van der Waals surface area contributed by atoms with Gasteiger partial charge in [-0.05, 0) is 43.7 Å². The van der Waals surface area contributed by atoms with Crippen LogP contribution in [-0.2, 0) is 9.59 Å². The Morgan fingerprint density at radius 3 is 2.31 bits per heavy atom. The van der Waals surface area contributed by atoms with E-state index in [-0.39, 0.29) is 23.3 Å². The minimum absolute atomic E-state index is 0.169. The Kier molecular flexibility index (Phi) is 7.81.